The molecule has 0 radical (unpaired) electrons. The largest absolute Gasteiger partial charge is 0.379 e. The summed E-state index contributed by atoms with van der Waals surface area (Å²) >= 11 is 5.88. The molecule has 7 heteroatoms. The van der Waals surface area contributed by atoms with Crippen molar-refractivity contribution in [2.75, 3.05) is 44.7 Å². The molecule has 0 aliphatic carbocycles. The van der Waals surface area contributed by atoms with Crippen molar-refractivity contribution in [2.24, 2.45) is 0 Å². The number of aryl methyl sites for hydroxylation is 3. The summed E-state index contributed by atoms with van der Waals surface area (Å²) in [6.07, 6.45) is 1.88. The number of fused-ring (bicyclic) bond motifs is 1. The summed E-state index contributed by atoms with van der Waals surface area (Å²) in [7, 11) is 0. The smallest absolute Gasteiger partial charge is 0.253 e. The SMILES string of the molecule is CCc1ccccc1NC(=S)N(CCCN1CCOCC1)Cc1cc2ccc(C)c(C)c2[nH]c1=O. The number of ether oxygens (including phenoxy) is 1. The molecule has 186 valence electrons. The number of nitrogens with one attached hydrogen (secondary N) is 2. The Bertz CT molecular complexity index is 1230. The summed E-state index contributed by atoms with van der Waals surface area (Å²) in [5.74, 6) is 0. The van der Waals surface area contributed by atoms with Gasteiger partial charge in [-0.25, -0.2) is 0 Å². The molecule has 1 saturated heterocycles. The van der Waals surface area contributed by atoms with Gasteiger partial charge in [-0.1, -0.05) is 37.3 Å². The van der Waals surface area contributed by atoms with Crippen molar-refractivity contribution in [1.29, 1.82) is 0 Å². The monoisotopic (exact) mass is 492 g/mol. The van der Waals surface area contributed by atoms with Crippen LogP contribution in [-0.2, 0) is 17.7 Å². The second kappa shape index (κ2) is 11.8. The highest BCUT2D eigenvalue weighted by molar-refractivity contribution is 7.80. The third-order valence-corrected chi connectivity index (χ3v) is 7.28. The maximum atomic E-state index is 13.1. The number of nitrogens with zero attached hydrogens (tertiary/aromatic N) is 2. The van der Waals surface area contributed by atoms with Gasteiger partial charge in [0.15, 0.2) is 5.11 Å². The van der Waals surface area contributed by atoms with Crippen LogP contribution in [0.25, 0.3) is 10.9 Å². The van der Waals surface area contributed by atoms with E-state index in [2.05, 4.69) is 65.1 Å². The molecule has 1 aliphatic rings. The zero-order chi connectivity index (χ0) is 24.8. The number of H-pyrrole nitrogens is 1. The summed E-state index contributed by atoms with van der Waals surface area (Å²) in [5, 5.41) is 5.15. The van der Waals surface area contributed by atoms with Crippen molar-refractivity contribution in [3.8, 4) is 0 Å². The number of anilines is 1. The molecule has 3 aromatic rings. The first-order chi connectivity index (χ1) is 17.0. The number of benzene rings is 2. The second-order valence-corrected chi connectivity index (χ2v) is 9.65. The fraction of sp³-hybridized carbons (Fsp3) is 0.429. The molecule has 0 unspecified atom stereocenters. The lowest BCUT2D eigenvalue weighted by Gasteiger charge is -2.30. The van der Waals surface area contributed by atoms with E-state index in [0.717, 1.165) is 80.0 Å². The van der Waals surface area contributed by atoms with Crippen LogP contribution >= 0.6 is 12.2 Å². The fourth-order valence-corrected chi connectivity index (χ4v) is 4.87. The first-order valence-electron chi connectivity index (χ1n) is 12.5. The Morgan fingerprint density at radius 3 is 2.69 bits per heavy atom. The van der Waals surface area contributed by atoms with Crippen LogP contribution in [0.15, 0.2) is 47.3 Å². The minimum Gasteiger partial charge on any atom is -0.379 e. The Labute approximate surface area is 213 Å². The number of thiocarbonyl (C=S) groups is 1. The van der Waals surface area contributed by atoms with E-state index in [1.54, 1.807) is 0 Å². The molecular weight excluding hydrogens is 456 g/mol. The highest BCUT2D eigenvalue weighted by Crippen LogP contribution is 2.20. The number of pyridine rings is 1. The summed E-state index contributed by atoms with van der Waals surface area (Å²) in [6, 6.07) is 14.4. The maximum absolute atomic E-state index is 13.1. The van der Waals surface area contributed by atoms with Gasteiger partial charge in [0.25, 0.3) is 5.56 Å². The molecule has 1 fully saturated rings. The number of morpholine rings is 1. The van der Waals surface area contributed by atoms with Crippen molar-refractivity contribution >= 4 is 33.9 Å². The zero-order valence-corrected chi connectivity index (χ0v) is 21.8. The van der Waals surface area contributed by atoms with Crippen molar-refractivity contribution in [2.45, 2.75) is 40.2 Å². The predicted molar refractivity (Wildman–Crippen MR) is 148 cm³/mol. The van der Waals surface area contributed by atoms with Crippen molar-refractivity contribution in [3.05, 3.63) is 75.1 Å². The van der Waals surface area contributed by atoms with E-state index in [9.17, 15) is 4.79 Å². The molecule has 0 saturated carbocycles. The molecule has 0 atom stereocenters. The molecule has 0 amide bonds. The second-order valence-electron chi connectivity index (χ2n) is 9.27. The van der Waals surface area contributed by atoms with Crippen molar-refractivity contribution < 1.29 is 4.74 Å². The first kappa shape index (κ1) is 25.4. The van der Waals surface area contributed by atoms with Crippen molar-refractivity contribution in [3.63, 3.8) is 0 Å². The molecule has 2 N–H and O–H groups in total. The molecule has 1 aliphatic heterocycles. The van der Waals surface area contributed by atoms with Crippen LogP contribution in [0.5, 0.6) is 0 Å². The molecule has 35 heavy (non-hydrogen) atoms. The number of para-hydroxylation sites is 1. The van der Waals surface area contributed by atoms with Gasteiger partial charge in [-0.15, -0.1) is 0 Å². The quantitative estimate of drug-likeness (QED) is 0.447. The zero-order valence-electron chi connectivity index (χ0n) is 21.0. The van der Waals surface area contributed by atoms with Gasteiger partial charge in [0.05, 0.1) is 25.3 Å². The Morgan fingerprint density at radius 1 is 1.14 bits per heavy atom. The molecular formula is C28H36N4O2S. The number of hydrogen-bond acceptors (Lipinski definition) is 4. The number of rotatable bonds is 8. The van der Waals surface area contributed by atoms with Crippen LogP contribution < -0.4 is 10.9 Å². The van der Waals surface area contributed by atoms with Crippen LogP contribution in [0.4, 0.5) is 5.69 Å². The summed E-state index contributed by atoms with van der Waals surface area (Å²) < 4.78 is 5.48. The number of aromatic nitrogens is 1. The van der Waals surface area contributed by atoms with Crippen LogP contribution in [-0.4, -0.2) is 59.3 Å². The standard InChI is InChI=1S/C28H36N4O2S/c1-4-22-8-5-6-9-25(22)29-28(35)32(13-7-12-31-14-16-34-17-15-31)19-24-18-23-11-10-20(2)21(3)26(23)30-27(24)33/h5-6,8-11,18H,4,7,12-17,19H2,1-3H3,(H,29,35)(H,30,33). The van der Waals surface area contributed by atoms with Crippen LogP contribution in [0.2, 0.25) is 0 Å². The molecule has 6 nitrogen and oxygen atoms in total. The van der Waals surface area contributed by atoms with E-state index in [-0.39, 0.29) is 5.56 Å². The maximum Gasteiger partial charge on any atom is 0.253 e. The lowest BCUT2D eigenvalue weighted by Crippen LogP contribution is -2.40. The Kier molecular flexibility index (Phi) is 8.55. The highest BCUT2D eigenvalue weighted by Gasteiger charge is 2.17. The lowest BCUT2D eigenvalue weighted by atomic mass is 10.0. The Hall–Kier alpha value is -2.74. The summed E-state index contributed by atoms with van der Waals surface area (Å²) in [6.45, 7) is 12.0. The highest BCUT2D eigenvalue weighted by atomic mass is 32.1. The van der Waals surface area contributed by atoms with Crippen LogP contribution in [0.1, 0.15) is 35.6 Å². The fourth-order valence-electron chi connectivity index (χ4n) is 4.60. The summed E-state index contributed by atoms with van der Waals surface area (Å²) in [5.41, 5.74) is 6.11. The minimum atomic E-state index is -0.0545. The van der Waals surface area contributed by atoms with Gasteiger partial charge in [0, 0.05) is 37.4 Å². The topological polar surface area (TPSA) is 60.6 Å². The van der Waals surface area contributed by atoms with Crippen LogP contribution in [0.3, 0.4) is 0 Å². The van der Waals surface area contributed by atoms with Gasteiger partial charge in [-0.2, -0.15) is 0 Å². The van der Waals surface area contributed by atoms with E-state index >= 15 is 0 Å². The van der Waals surface area contributed by atoms with Gasteiger partial charge in [0.1, 0.15) is 0 Å². The van der Waals surface area contributed by atoms with Gasteiger partial charge >= 0.3 is 0 Å². The molecule has 0 bridgehead atoms. The van der Waals surface area contributed by atoms with Gasteiger partial charge < -0.3 is 19.9 Å². The molecule has 2 aromatic carbocycles. The number of aromatic amines is 1. The van der Waals surface area contributed by atoms with Gasteiger partial charge in [-0.3, -0.25) is 9.69 Å². The minimum absolute atomic E-state index is 0.0545. The van der Waals surface area contributed by atoms with E-state index < -0.39 is 0 Å². The van der Waals surface area contributed by atoms with E-state index in [4.69, 9.17) is 17.0 Å². The molecule has 0 spiro atoms. The number of hydrogen-bond donors (Lipinski definition) is 2. The molecule has 4 rings (SSSR count). The first-order valence-corrected chi connectivity index (χ1v) is 12.9. The summed E-state index contributed by atoms with van der Waals surface area (Å²) in [4.78, 5) is 20.7. The normalized spacial score (nSPS) is 14.3. The van der Waals surface area contributed by atoms with E-state index in [1.807, 2.05) is 18.2 Å². The average Bonchev–Trinajstić information content (AvgIpc) is 2.87. The van der Waals surface area contributed by atoms with E-state index in [1.165, 1.54) is 11.1 Å². The van der Waals surface area contributed by atoms with Gasteiger partial charge in [0.2, 0.25) is 0 Å². The van der Waals surface area contributed by atoms with Crippen molar-refractivity contribution in [1.82, 2.24) is 14.8 Å². The average molecular weight is 493 g/mol. The van der Waals surface area contributed by atoms with Gasteiger partial charge in [-0.05, 0) is 73.1 Å². The third kappa shape index (κ3) is 6.28. The predicted octanol–water partition coefficient (Wildman–Crippen LogP) is 4.63. The molecule has 2 heterocycles. The molecule has 1 aromatic heterocycles. The lowest BCUT2D eigenvalue weighted by molar-refractivity contribution is 0.0367. The van der Waals surface area contributed by atoms with E-state index in [0.29, 0.717) is 11.7 Å². The van der Waals surface area contributed by atoms with Crippen LogP contribution in [0, 0.1) is 13.8 Å². The Balaban J connectivity index is 1.55. The Morgan fingerprint density at radius 2 is 1.91 bits per heavy atom. The third-order valence-electron chi connectivity index (χ3n) is 6.92.